The third kappa shape index (κ3) is 6.13. The number of nitrogens with two attached hydrogens (primary N) is 2. The summed E-state index contributed by atoms with van der Waals surface area (Å²) in [7, 11) is 0. The van der Waals surface area contributed by atoms with Crippen LogP contribution in [0.3, 0.4) is 0 Å². The molecule has 0 aliphatic rings. The van der Waals surface area contributed by atoms with Crippen LogP contribution in [0.5, 0.6) is 0 Å². The number of amides is 2. The lowest BCUT2D eigenvalue weighted by atomic mass is 9.96. The van der Waals surface area contributed by atoms with Crippen molar-refractivity contribution in [1.82, 2.24) is 0 Å². The van der Waals surface area contributed by atoms with Gasteiger partial charge in [-0.15, -0.1) is 0 Å². The maximum Gasteiger partial charge on any atom is 0.220 e. The molecule has 0 saturated heterocycles. The zero-order valence-corrected chi connectivity index (χ0v) is 8.08. The summed E-state index contributed by atoms with van der Waals surface area (Å²) >= 11 is 0. The van der Waals surface area contributed by atoms with Crippen molar-refractivity contribution in [3.63, 3.8) is 0 Å². The minimum atomic E-state index is -0.320. The SMILES string of the molecule is CCCC(CCCC(N)=O)C(N)=O. The Hall–Kier alpha value is -1.06. The van der Waals surface area contributed by atoms with Gasteiger partial charge in [-0.2, -0.15) is 0 Å². The van der Waals surface area contributed by atoms with Crippen LogP contribution in [0, 0.1) is 5.92 Å². The van der Waals surface area contributed by atoms with E-state index in [0.717, 1.165) is 12.8 Å². The van der Waals surface area contributed by atoms with Gasteiger partial charge in [-0.05, 0) is 19.3 Å². The Kier molecular flexibility index (Phi) is 5.93. The van der Waals surface area contributed by atoms with Crippen molar-refractivity contribution in [3.8, 4) is 0 Å². The Balaban J connectivity index is 3.69. The number of rotatable bonds is 7. The van der Waals surface area contributed by atoms with E-state index < -0.39 is 0 Å². The molecule has 4 nitrogen and oxygen atoms in total. The molecule has 0 fully saturated rings. The molecule has 1 atom stereocenters. The molecule has 0 aromatic rings. The van der Waals surface area contributed by atoms with Gasteiger partial charge in [-0.3, -0.25) is 9.59 Å². The maximum absolute atomic E-state index is 10.9. The summed E-state index contributed by atoms with van der Waals surface area (Å²) < 4.78 is 0. The molecule has 0 bridgehead atoms. The summed E-state index contributed by atoms with van der Waals surface area (Å²) in [6.07, 6.45) is 3.40. The van der Waals surface area contributed by atoms with E-state index in [1.165, 1.54) is 0 Å². The molecule has 0 rings (SSSR count). The summed E-state index contributed by atoms with van der Waals surface area (Å²) in [6.45, 7) is 2.00. The van der Waals surface area contributed by atoms with Crippen molar-refractivity contribution < 1.29 is 9.59 Å². The monoisotopic (exact) mass is 186 g/mol. The molecular formula is C9H18N2O2. The van der Waals surface area contributed by atoms with Crippen molar-refractivity contribution in [1.29, 1.82) is 0 Å². The van der Waals surface area contributed by atoms with Crippen LogP contribution in [-0.4, -0.2) is 11.8 Å². The van der Waals surface area contributed by atoms with Gasteiger partial charge in [0.1, 0.15) is 0 Å². The first kappa shape index (κ1) is 11.9. The Bertz CT molecular complexity index is 180. The van der Waals surface area contributed by atoms with Crippen LogP contribution < -0.4 is 11.5 Å². The van der Waals surface area contributed by atoms with Gasteiger partial charge in [-0.25, -0.2) is 0 Å². The van der Waals surface area contributed by atoms with E-state index in [0.29, 0.717) is 19.3 Å². The molecular weight excluding hydrogens is 168 g/mol. The van der Waals surface area contributed by atoms with Crippen LogP contribution in [0.4, 0.5) is 0 Å². The summed E-state index contributed by atoms with van der Waals surface area (Å²) in [5.41, 5.74) is 10.2. The molecule has 1 unspecified atom stereocenters. The molecule has 0 aromatic heterocycles. The highest BCUT2D eigenvalue weighted by molar-refractivity contribution is 5.77. The fourth-order valence-electron chi connectivity index (χ4n) is 1.30. The lowest BCUT2D eigenvalue weighted by Crippen LogP contribution is -2.23. The Morgan fingerprint density at radius 2 is 1.85 bits per heavy atom. The summed E-state index contributed by atoms with van der Waals surface area (Å²) in [5, 5.41) is 0. The standard InChI is InChI=1S/C9H18N2O2/c1-2-4-7(9(11)13)5-3-6-8(10)12/h7H,2-6H2,1H3,(H2,10,12)(H2,11,13). The molecule has 76 valence electrons. The molecule has 0 radical (unpaired) electrons. The van der Waals surface area contributed by atoms with Gasteiger partial charge in [0.05, 0.1) is 0 Å². The van der Waals surface area contributed by atoms with Gasteiger partial charge in [0.25, 0.3) is 0 Å². The molecule has 4 heteroatoms. The highest BCUT2D eigenvalue weighted by Gasteiger charge is 2.13. The third-order valence-electron chi connectivity index (χ3n) is 2.02. The predicted octanol–water partition coefficient (Wildman–Crippen LogP) is 0.544. The van der Waals surface area contributed by atoms with E-state index in [-0.39, 0.29) is 17.7 Å². The van der Waals surface area contributed by atoms with E-state index in [4.69, 9.17) is 11.5 Å². The lowest BCUT2D eigenvalue weighted by molar-refractivity contribution is -0.123. The second kappa shape index (κ2) is 6.46. The molecule has 2 amide bonds. The van der Waals surface area contributed by atoms with Crippen molar-refractivity contribution in [2.45, 2.75) is 39.0 Å². The summed E-state index contributed by atoms with van der Waals surface area (Å²) in [5.74, 6) is -0.685. The second-order valence-corrected chi connectivity index (χ2v) is 3.25. The fourth-order valence-corrected chi connectivity index (χ4v) is 1.30. The highest BCUT2D eigenvalue weighted by Crippen LogP contribution is 2.13. The zero-order chi connectivity index (χ0) is 10.3. The Labute approximate surface area is 78.7 Å². The fraction of sp³-hybridized carbons (Fsp3) is 0.778. The number of carbonyl (C=O) groups is 2. The molecule has 0 saturated carbocycles. The van der Waals surface area contributed by atoms with E-state index in [1.807, 2.05) is 6.92 Å². The Morgan fingerprint density at radius 3 is 2.23 bits per heavy atom. The predicted molar refractivity (Wildman–Crippen MR) is 50.6 cm³/mol. The number of hydrogen-bond acceptors (Lipinski definition) is 2. The molecule has 0 heterocycles. The van der Waals surface area contributed by atoms with E-state index in [2.05, 4.69) is 0 Å². The lowest BCUT2D eigenvalue weighted by Gasteiger charge is -2.10. The molecule has 0 aromatic carbocycles. The average Bonchev–Trinajstić information content (AvgIpc) is 2.02. The first-order chi connectivity index (χ1) is 6.07. The van der Waals surface area contributed by atoms with Crippen molar-refractivity contribution >= 4 is 11.8 Å². The highest BCUT2D eigenvalue weighted by atomic mass is 16.1. The minimum absolute atomic E-state index is 0.0932. The molecule has 0 aliphatic carbocycles. The molecule has 0 spiro atoms. The van der Waals surface area contributed by atoms with Crippen molar-refractivity contribution in [2.75, 3.05) is 0 Å². The molecule has 0 aliphatic heterocycles. The van der Waals surface area contributed by atoms with Crippen molar-refractivity contribution in [2.24, 2.45) is 17.4 Å². The van der Waals surface area contributed by atoms with Crippen LogP contribution >= 0.6 is 0 Å². The van der Waals surface area contributed by atoms with Gasteiger partial charge in [-0.1, -0.05) is 13.3 Å². The normalized spacial score (nSPS) is 12.4. The molecule has 13 heavy (non-hydrogen) atoms. The minimum Gasteiger partial charge on any atom is -0.370 e. The first-order valence-electron chi connectivity index (χ1n) is 4.65. The second-order valence-electron chi connectivity index (χ2n) is 3.25. The molecule has 4 N–H and O–H groups in total. The van der Waals surface area contributed by atoms with Gasteiger partial charge >= 0.3 is 0 Å². The third-order valence-corrected chi connectivity index (χ3v) is 2.02. The van der Waals surface area contributed by atoms with Gasteiger partial charge in [0.15, 0.2) is 0 Å². The Morgan fingerprint density at radius 1 is 1.23 bits per heavy atom. The van der Waals surface area contributed by atoms with Gasteiger partial charge < -0.3 is 11.5 Å². The van der Waals surface area contributed by atoms with Gasteiger partial charge in [0, 0.05) is 12.3 Å². The van der Waals surface area contributed by atoms with E-state index >= 15 is 0 Å². The van der Waals surface area contributed by atoms with E-state index in [1.54, 1.807) is 0 Å². The number of hydrogen-bond donors (Lipinski definition) is 2. The van der Waals surface area contributed by atoms with Crippen LogP contribution in [0.2, 0.25) is 0 Å². The average molecular weight is 186 g/mol. The largest absolute Gasteiger partial charge is 0.370 e. The topological polar surface area (TPSA) is 86.2 Å². The quantitative estimate of drug-likeness (QED) is 0.608. The maximum atomic E-state index is 10.9. The summed E-state index contributed by atoms with van der Waals surface area (Å²) in [4.78, 5) is 21.3. The van der Waals surface area contributed by atoms with Crippen LogP contribution in [-0.2, 0) is 9.59 Å². The van der Waals surface area contributed by atoms with Gasteiger partial charge in [0.2, 0.25) is 11.8 Å². The zero-order valence-electron chi connectivity index (χ0n) is 8.08. The van der Waals surface area contributed by atoms with E-state index in [9.17, 15) is 9.59 Å². The first-order valence-corrected chi connectivity index (χ1v) is 4.65. The smallest absolute Gasteiger partial charge is 0.220 e. The van der Waals surface area contributed by atoms with Crippen LogP contribution in [0.25, 0.3) is 0 Å². The summed E-state index contributed by atoms with van der Waals surface area (Å²) in [6, 6.07) is 0. The number of primary amides is 2. The van der Waals surface area contributed by atoms with Crippen molar-refractivity contribution in [3.05, 3.63) is 0 Å². The van der Waals surface area contributed by atoms with Crippen LogP contribution in [0.15, 0.2) is 0 Å². The van der Waals surface area contributed by atoms with Crippen LogP contribution in [0.1, 0.15) is 39.0 Å². The number of carbonyl (C=O) groups excluding carboxylic acids is 2.